The SMILES string of the molecule is CC(=O)Nc1ccc(NS(C)(=O)=O)c(C(=O)NCCNS(=O)(=O)c2ccc(C)cc2)c1. The standard InChI is InChI=1S/C19H24N4O6S2/c1-13-4-7-16(8-5-13)31(28,29)21-11-10-20-19(25)17-12-15(22-14(2)24)6-9-18(17)23-30(3,26)27/h4-9,12,21,23H,10-11H2,1-3H3,(H,20,25)(H,22,24). The van der Waals surface area contributed by atoms with Gasteiger partial charge in [0.25, 0.3) is 5.91 Å². The van der Waals surface area contributed by atoms with E-state index in [0.29, 0.717) is 5.69 Å². The van der Waals surface area contributed by atoms with Gasteiger partial charge < -0.3 is 10.6 Å². The predicted molar refractivity (Wildman–Crippen MR) is 118 cm³/mol. The van der Waals surface area contributed by atoms with Gasteiger partial charge in [-0.05, 0) is 37.3 Å². The van der Waals surface area contributed by atoms with Crippen LogP contribution in [0.4, 0.5) is 11.4 Å². The number of sulfonamides is 2. The number of carbonyl (C=O) groups is 2. The maximum Gasteiger partial charge on any atom is 0.253 e. The molecule has 0 bridgehead atoms. The third kappa shape index (κ3) is 7.66. The van der Waals surface area contributed by atoms with E-state index in [-0.39, 0.29) is 35.1 Å². The van der Waals surface area contributed by atoms with Gasteiger partial charge in [0.05, 0.1) is 22.4 Å². The van der Waals surface area contributed by atoms with Gasteiger partial charge in [-0.25, -0.2) is 21.6 Å². The van der Waals surface area contributed by atoms with Crippen LogP contribution in [0.15, 0.2) is 47.4 Å². The number of nitrogens with one attached hydrogen (secondary N) is 4. The minimum atomic E-state index is -3.73. The second-order valence-electron chi connectivity index (χ2n) is 6.78. The molecule has 0 spiro atoms. The Bertz CT molecular complexity index is 1180. The molecule has 0 saturated heterocycles. The first-order chi connectivity index (χ1) is 14.4. The summed E-state index contributed by atoms with van der Waals surface area (Å²) in [4.78, 5) is 23.9. The summed E-state index contributed by atoms with van der Waals surface area (Å²) in [5, 5.41) is 5.04. The van der Waals surface area contributed by atoms with Gasteiger partial charge in [0.2, 0.25) is 26.0 Å². The Morgan fingerprint density at radius 2 is 1.58 bits per heavy atom. The van der Waals surface area contributed by atoms with Crippen molar-refractivity contribution in [1.82, 2.24) is 10.0 Å². The van der Waals surface area contributed by atoms with Crippen molar-refractivity contribution in [3.63, 3.8) is 0 Å². The molecule has 0 unspecified atom stereocenters. The number of aryl methyl sites for hydroxylation is 1. The van der Waals surface area contributed by atoms with Crippen molar-refractivity contribution in [2.45, 2.75) is 18.7 Å². The van der Waals surface area contributed by atoms with E-state index >= 15 is 0 Å². The van der Waals surface area contributed by atoms with Crippen molar-refractivity contribution in [3.05, 3.63) is 53.6 Å². The van der Waals surface area contributed by atoms with E-state index < -0.39 is 26.0 Å². The molecule has 2 aromatic rings. The summed E-state index contributed by atoms with van der Waals surface area (Å²) in [6.07, 6.45) is 0.941. The van der Waals surface area contributed by atoms with Crippen LogP contribution in [0.25, 0.3) is 0 Å². The molecule has 0 heterocycles. The van der Waals surface area contributed by atoms with Crippen molar-refractivity contribution in [2.75, 3.05) is 29.4 Å². The molecule has 0 fully saturated rings. The Morgan fingerprint density at radius 1 is 0.935 bits per heavy atom. The fourth-order valence-electron chi connectivity index (χ4n) is 2.56. The fraction of sp³-hybridized carbons (Fsp3) is 0.263. The fourth-order valence-corrected chi connectivity index (χ4v) is 4.17. The van der Waals surface area contributed by atoms with E-state index in [1.54, 1.807) is 12.1 Å². The molecule has 0 radical (unpaired) electrons. The Hall–Kier alpha value is -2.96. The summed E-state index contributed by atoms with van der Waals surface area (Å²) < 4.78 is 52.3. The number of hydrogen-bond donors (Lipinski definition) is 4. The lowest BCUT2D eigenvalue weighted by atomic mass is 10.1. The zero-order valence-electron chi connectivity index (χ0n) is 17.2. The molecule has 2 aromatic carbocycles. The van der Waals surface area contributed by atoms with Gasteiger partial charge in [-0.2, -0.15) is 0 Å². The number of benzene rings is 2. The molecule has 4 N–H and O–H groups in total. The van der Waals surface area contributed by atoms with E-state index in [1.807, 2.05) is 6.92 Å². The molecule has 0 atom stereocenters. The van der Waals surface area contributed by atoms with Crippen molar-refractivity contribution in [1.29, 1.82) is 0 Å². The van der Waals surface area contributed by atoms with Gasteiger partial charge in [0.15, 0.2) is 0 Å². The second-order valence-corrected chi connectivity index (χ2v) is 10.3. The third-order valence-corrected chi connectivity index (χ3v) is 5.98. The number of amides is 2. The molecule has 0 aliphatic carbocycles. The van der Waals surface area contributed by atoms with Gasteiger partial charge in [-0.15, -0.1) is 0 Å². The largest absolute Gasteiger partial charge is 0.351 e. The molecule has 12 heteroatoms. The smallest absolute Gasteiger partial charge is 0.253 e. The Labute approximate surface area is 181 Å². The molecule has 31 heavy (non-hydrogen) atoms. The van der Waals surface area contributed by atoms with Gasteiger partial charge >= 0.3 is 0 Å². The molecule has 0 aliphatic rings. The first-order valence-corrected chi connectivity index (χ1v) is 12.5. The zero-order chi connectivity index (χ0) is 23.2. The van der Waals surface area contributed by atoms with Crippen LogP contribution in [0.2, 0.25) is 0 Å². The first kappa shape index (κ1) is 24.3. The zero-order valence-corrected chi connectivity index (χ0v) is 18.9. The predicted octanol–water partition coefficient (Wildman–Crippen LogP) is 1.03. The first-order valence-electron chi connectivity index (χ1n) is 9.11. The molecular formula is C19H24N4O6S2. The van der Waals surface area contributed by atoms with Gasteiger partial charge in [0.1, 0.15) is 0 Å². The van der Waals surface area contributed by atoms with Crippen LogP contribution < -0.4 is 20.1 Å². The van der Waals surface area contributed by atoms with E-state index in [1.165, 1.54) is 37.3 Å². The summed E-state index contributed by atoms with van der Waals surface area (Å²) in [5.74, 6) is -1.01. The van der Waals surface area contributed by atoms with E-state index in [9.17, 15) is 26.4 Å². The van der Waals surface area contributed by atoms with Crippen LogP contribution in [0.1, 0.15) is 22.8 Å². The van der Waals surface area contributed by atoms with Crippen molar-refractivity contribution >= 4 is 43.2 Å². The lowest BCUT2D eigenvalue weighted by molar-refractivity contribution is -0.114. The number of carbonyl (C=O) groups excluding carboxylic acids is 2. The lowest BCUT2D eigenvalue weighted by Crippen LogP contribution is -2.35. The Balaban J connectivity index is 2.07. The minimum absolute atomic E-state index is 0.0225. The Morgan fingerprint density at radius 3 is 2.16 bits per heavy atom. The number of rotatable bonds is 9. The maximum atomic E-state index is 12.6. The van der Waals surface area contributed by atoms with Crippen molar-refractivity contribution < 1.29 is 26.4 Å². The summed E-state index contributed by atoms with van der Waals surface area (Å²) in [5.41, 5.74) is 1.22. The van der Waals surface area contributed by atoms with Gasteiger partial charge in [0, 0.05) is 25.7 Å². The molecule has 0 aliphatic heterocycles. The van der Waals surface area contributed by atoms with Gasteiger partial charge in [-0.3, -0.25) is 14.3 Å². The van der Waals surface area contributed by atoms with Crippen LogP contribution in [-0.2, 0) is 24.8 Å². The normalized spacial score (nSPS) is 11.6. The van der Waals surface area contributed by atoms with Crippen LogP contribution in [0.3, 0.4) is 0 Å². The van der Waals surface area contributed by atoms with Crippen LogP contribution in [-0.4, -0.2) is 48.0 Å². The highest BCUT2D eigenvalue weighted by Gasteiger charge is 2.17. The van der Waals surface area contributed by atoms with E-state index in [4.69, 9.17) is 0 Å². The highest BCUT2D eigenvalue weighted by Crippen LogP contribution is 2.22. The van der Waals surface area contributed by atoms with Crippen molar-refractivity contribution in [3.8, 4) is 0 Å². The second kappa shape index (κ2) is 9.90. The van der Waals surface area contributed by atoms with E-state index in [2.05, 4.69) is 20.1 Å². The minimum Gasteiger partial charge on any atom is -0.351 e. The highest BCUT2D eigenvalue weighted by atomic mass is 32.2. The van der Waals surface area contributed by atoms with Crippen LogP contribution >= 0.6 is 0 Å². The molecule has 168 valence electrons. The monoisotopic (exact) mass is 468 g/mol. The summed E-state index contributed by atoms with van der Waals surface area (Å²) in [6, 6.07) is 10.4. The average molecular weight is 469 g/mol. The molecule has 0 aromatic heterocycles. The summed E-state index contributed by atoms with van der Waals surface area (Å²) in [6.45, 7) is 3.00. The van der Waals surface area contributed by atoms with Gasteiger partial charge in [-0.1, -0.05) is 17.7 Å². The Kier molecular flexibility index (Phi) is 7.76. The van der Waals surface area contributed by atoms with Crippen LogP contribution in [0.5, 0.6) is 0 Å². The highest BCUT2D eigenvalue weighted by molar-refractivity contribution is 7.92. The average Bonchev–Trinajstić information content (AvgIpc) is 2.65. The van der Waals surface area contributed by atoms with Crippen LogP contribution in [0, 0.1) is 6.92 Å². The topological polar surface area (TPSA) is 151 Å². The third-order valence-electron chi connectivity index (χ3n) is 3.91. The summed E-state index contributed by atoms with van der Waals surface area (Å²) >= 11 is 0. The number of anilines is 2. The quantitative estimate of drug-likeness (QED) is 0.404. The molecular weight excluding hydrogens is 444 g/mol. The van der Waals surface area contributed by atoms with Crippen molar-refractivity contribution in [2.24, 2.45) is 0 Å². The number of hydrogen-bond acceptors (Lipinski definition) is 6. The summed E-state index contributed by atoms with van der Waals surface area (Å²) in [7, 11) is -7.39. The van der Waals surface area contributed by atoms with E-state index in [0.717, 1.165) is 11.8 Å². The maximum absolute atomic E-state index is 12.6. The molecule has 10 nitrogen and oxygen atoms in total. The molecule has 2 rings (SSSR count). The molecule has 2 amide bonds. The lowest BCUT2D eigenvalue weighted by Gasteiger charge is -2.13. The molecule has 0 saturated carbocycles.